The van der Waals surface area contributed by atoms with Crippen LogP contribution in [-0.4, -0.2) is 65.1 Å². The Morgan fingerprint density at radius 3 is 2.62 bits per heavy atom. The van der Waals surface area contributed by atoms with E-state index in [1.165, 1.54) is 0 Å². The first-order valence-electron chi connectivity index (χ1n) is 11.1. The first kappa shape index (κ1) is 22.2. The molecular formula is C23H28N6O5. The fourth-order valence-corrected chi connectivity index (χ4v) is 4.43. The molecule has 180 valence electrons. The van der Waals surface area contributed by atoms with E-state index in [4.69, 9.17) is 28.9 Å². The third-order valence-corrected chi connectivity index (χ3v) is 6.19. The van der Waals surface area contributed by atoms with Crippen LogP contribution in [-0.2, 0) is 18.0 Å². The van der Waals surface area contributed by atoms with Gasteiger partial charge in [-0.25, -0.2) is 9.97 Å². The number of aliphatic hydroxyl groups excluding tert-OH is 1. The number of benzene rings is 1. The van der Waals surface area contributed by atoms with Crippen LogP contribution in [0.5, 0.6) is 17.2 Å². The Morgan fingerprint density at radius 2 is 1.91 bits per heavy atom. The summed E-state index contributed by atoms with van der Waals surface area (Å²) in [5.41, 5.74) is 2.58. The fourth-order valence-electron chi connectivity index (χ4n) is 4.43. The molecule has 0 saturated carbocycles. The number of rotatable bonds is 8. The summed E-state index contributed by atoms with van der Waals surface area (Å²) >= 11 is 0. The molecule has 2 N–H and O–H groups in total. The van der Waals surface area contributed by atoms with Crippen LogP contribution in [0.25, 0.3) is 5.69 Å². The molecule has 2 aliphatic heterocycles. The van der Waals surface area contributed by atoms with Gasteiger partial charge in [0.1, 0.15) is 18.0 Å². The largest absolute Gasteiger partial charge is 0.493 e. The maximum atomic E-state index is 9.74. The van der Waals surface area contributed by atoms with Gasteiger partial charge in [0.2, 0.25) is 11.7 Å². The number of hydrogen-bond acceptors (Lipinski definition) is 10. The molecule has 1 fully saturated rings. The van der Waals surface area contributed by atoms with E-state index < -0.39 is 0 Å². The highest BCUT2D eigenvalue weighted by molar-refractivity contribution is 5.62. The molecule has 2 aromatic heterocycles. The molecule has 2 aliphatic rings. The van der Waals surface area contributed by atoms with Gasteiger partial charge < -0.3 is 38.8 Å². The Morgan fingerprint density at radius 1 is 1.12 bits per heavy atom. The van der Waals surface area contributed by atoms with Gasteiger partial charge in [0.15, 0.2) is 11.5 Å². The third-order valence-electron chi connectivity index (χ3n) is 6.19. The molecule has 5 rings (SSSR count). The lowest BCUT2D eigenvalue weighted by atomic mass is 10.2. The van der Waals surface area contributed by atoms with E-state index in [0.29, 0.717) is 48.0 Å². The number of nitrogens with one attached hydrogen (secondary N) is 1. The summed E-state index contributed by atoms with van der Waals surface area (Å²) < 4.78 is 23.8. The quantitative estimate of drug-likeness (QED) is 0.511. The zero-order valence-corrected chi connectivity index (χ0v) is 19.4. The van der Waals surface area contributed by atoms with Crippen LogP contribution < -0.4 is 24.4 Å². The van der Waals surface area contributed by atoms with Crippen molar-refractivity contribution in [3.05, 3.63) is 35.9 Å². The lowest BCUT2D eigenvalue weighted by Crippen LogP contribution is -2.33. The highest BCUT2D eigenvalue weighted by atomic mass is 16.5. The number of aromatic nitrogens is 4. The van der Waals surface area contributed by atoms with Gasteiger partial charge in [-0.05, 0) is 12.8 Å². The number of nitrogens with zero attached hydrogens (tertiary/aromatic N) is 5. The molecule has 11 heteroatoms. The van der Waals surface area contributed by atoms with Crippen molar-refractivity contribution in [2.24, 2.45) is 0 Å². The van der Waals surface area contributed by atoms with Crippen LogP contribution in [0.4, 0.5) is 17.6 Å². The minimum atomic E-state index is 0.0347. The highest BCUT2D eigenvalue weighted by Crippen LogP contribution is 2.39. The van der Waals surface area contributed by atoms with Gasteiger partial charge in [-0.15, -0.1) is 0 Å². The first-order chi connectivity index (χ1) is 16.6. The SMILES string of the molecule is COc1cc(-n2cnc(Nc3nc(N4CCCC4CO)nc4c3COC4)c2)cc(OC)c1OC. The minimum absolute atomic E-state index is 0.0347. The van der Waals surface area contributed by atoms with E-state index in [-0.39, 0.29) is 12.6 Å². The molecule has 11 nitrogen and oxygen atoms in total. The number of imidazole rings is 1. The summed E-state index contributed by atoms with van der Waals surface area (Å²) in [5.74, 6) is 3.52. The van der Waals surface area contributed by atoms with Crippen LogP contribution in [0.15, 0.2) is 24.7 Å². The maximum absolute atomic E-state index is 9.74. The number of anilines is 3. The summed E-state index contributed by atoms with van der Waals surface area (Å²) in [6.45, 7) is 1.78. The molecule has 0 spiro atoms. The standard InChI is InChI=1S/C23H28N6O5/c1-31-18-7-15(8-19(32-2)21(18)33-3)28-9-20(24-13-28)26-22-16-11-34-12-17(16)25-23(27-22)29-6-4-5-14(29)10-30/h7-9,13-14,30H,4-6,10-12H2,1-3H3,(H,25,26,27). The topological polar surface area (TPSA) is 116 Å². The Kier molecular flexibility index (Phi) is 6.12. The maximum Gasteiger partial charge on any atom is 0.227 e. The van der Waals surface area contributed by atoms with E-state index in [9.17, 15) is 5.11 Å². The summed E-state index contributed by atoms with van der Waals surface area (Å²) in [7, 11) is 4.74. The van der Waals surface area contributed by atoms with Crippen molar-refractivity contribution in [3.8, 4) is 22.9 Å². The van der Waals surface area contributed by atoms with Crippen LogP contribution in [0, 0.1) is 0 Å². The summed E-state index contributed by atoms with van der Waals surface area (Å²) in [4.78, 5) is 16.1. The van der Waals surface area contributed by atoms with Crippen LogP contribution in [0.2, 0.25) is 0 Å². The third kappa shape index (κ3) is 3.97. The average molecular weight is 469 g/mol. The fraction of sp³-hybridized carbons (Fsp3) is 0.435. The van der Waals surface area contributed by atoms with Crippen LogP contribution in [0.1, 0.15) is 24.1 Å². The Balaban J connectivity index is 1.45. The second-order valence-corrected chi connectivity index (χ2v) is 8.14. The lowest BCUT2D eigenvalue weighted by Gasteiger charge is -2.24. The van der Waals surface area contributed by atoms with E-state index in [2.05, 4.69) is 15.2 Å². The van der Waals surface area contributed by atoms with Crippen molar-refractivity contribution in [2.75, 3.05) is 44.7 Å². The predicted octanol–water partition coefficient (Wildman–Crippen LogP) is 2.42. The molecule has 0 radical (unpaired) electrons. The van der Waals surface area contributed by atoms with Crippen molar-refractivity contribution >= 4 is 17.6 Å². The van der Waals surface area contributed by atoms with Gasteiger partial charge in [0.05, 0.1) is 64.8 Å². The van der Waals surface area contributed by atoms with Crippen molar-refractivity contribution in [2.45, 2.75) is 32.1 Å². The zero-order valence-electron chi connectivity index (χ0n) is 19.4. The number of fused-ring (bicyclic) bond motifs is 1. The van der Waals surface area contributed by atoms with Gasteiger partial charge in [-0.2, -0.15) is 4.98 Å². The van der Waals surface area contributed by atoms with E-state index in [0.717, 1.165) is 36.3 Å². The van der Waals surface area contributed by atoms with Crippen molar-refractivity contribution in [3.63, 3.8) is 0 Å². The van der Waals surface area contributed by atoms with E-state index >= 15 is 0 Å². The number of hydrogen-bond donors (Lipinski definition) is 2. The smallest absolute Gasteiger partial charge is 0.227 e. The molecule has 3 aromatic rings. The van der Waals surface area contributed by atoms with Crippen molar-refractivity contribution < 1.29 is 24.1 Å². The van der Waals surface area contributed by atoms with Gasteiger partial charge >= 0.3 is 0 Å². The molecular weight excluding hydrogens is 440 g/mol. The molecule has 0 bridgehead atoms. The molecule has 34 heavy (non-hydrogen) atoms. The second-order valence-electron chi connectivity index (χ2n) is 8.14. The monoisotopic (exact) mass is 468 g/mol. The lowest BCUT2D eigenvalue weighted by molar-refractivity contribution is 0.133. The number of ether oxygens (including phenoxy) is 4. The van der Waals surface area contributed by atoms with Crippen molar-refractivity contribution in [1.29, 1.82) is 0 Å². The summed E-state index contributed by atoms with van der Waals surface area (Å²) in [6, 6.07) is 3.74. The number of methoxy groups -OCH3 is 3. The zero-order chi connectivity index (χ0) is 23.7. The van der Waals surface area contributed by atoms with Gasteiger partial charge in [0, 0.05) is 24.2 Å². The van der Waals surface area contributed by atoms with Gasteiger partial charge in [0.25, 0.3) is 0 Å². The molecule has 1 saturated heterocycles. The molecule has 0 amide bonds. The molecule has 1 aromatic carbocycles. The molecule has 0 aliphatic carbocycles. The van der Waals surface area contributed by atoms with Crippen LogP contribution in [0.3, 0.4) is 0 Å². The first-order valence-corrected chi connectivity index (χ1v) is 11.1. The van der Waals surface area contributed by atoms with Gasteiger partial charge in [-0.3, -0.25) is 0 Å². The Bertz CT molecular complexity index is 1160. The number of aliphatic hydroxyl groups is 1. The summed E-state index contributed by atoms with van der Waals surface area (Å²) in [5, 5.41) is 13.1. The average Bonchev–Trinajstić information content (AvgIpc) is 3.63. The molecule has 1 atom stereocenters. The van der Waals surface area contributed by atoms with Gasteiger partial charge in [-0.1, -0.05) is 0 Å². The minimum Gasteiger partial charge on any atom is -0.493 e. The Labute approximate surface area is 197 Å². The van der Waals surface area contributed by atoms with E-state index in [1.807, 2.05) is 22.9 Å². The summed E-state index contributed by atoms with van der Waals surface area (Å²) in [6.07, 6.45) is 5.49. The normalized spacial score (nSPS) is 17.1. The van der Waals surface area contributed by atoms with Crippen LogP contribution >= 0.6 is 0 Å². The highest BCUT2D eigenvalue weighted by Gasteiger charge is 2.29. The van der Waals surface area contributed by atoms with Crippen molar-refractivity contribution in [1.82, 2.24) is 19.5 Å². The molecule has 1 unspecified atom stereocenters. The Hall–Kier alpha value is -3.57. The second kappa shape index (κ2) is 9.35. The predicted molar refractivity (Wildman–Crippen MR) is 124 cm³/mol. The van der Waals surface area contributed by atoms with E-state index in [1.54, 1.807) is 27.7 Å². The molecule has 4 heterocycles.